The first-order chi connectivity index (χ1) is 11.6. The first kappa shape index (κ1) is 21.9. The quantitative estimate of drug-likeness (QED) is 0.372. The van der Waals surface area contributed by atoms with Gasteiger partial charge in [0.05, 0.1) is 12.8 Å². The first-order valence-electron chi connectivity index (χ1n) is 9.04. The highest BCUT2D eigenvalue weighted by Crippen LogP contribution is 2.31. The number of ether oxygens (including phenoxy) is 1. The summed E-state index contributed by atoms with van der Waals surface area (Å²) >= 11 is 0. The Labute approximate surface area is 169 Å². The van der Waals surface area contributed by atoms with Crippen LogP contribution >= 0.6 is 24.0 Å². The molecule has 1 aliphatic rings. The Morgan fingerprint density at radius 3 is 2.76 bits per heavy atom. The summed E-state index contributed by atoms with van der Waals surface area (Å²) in [6.07, 6.45) is 1.19. The molecule has 0 saturated carbocycles. The fourth-order valence-corrected chi connectivity index (χ4v) is 2.97. The number of halogens is 1. The molecule has 0 amide bonds. The number of nitrogens with zero attached hydrogens (tertiary/aromatic N) is 2. The van der Waals surface area contributed by atoms with Crippen LogP contribution in [0, 0.1) is 11.8 Å². The number of anilines is 1. The summed E-state index contributed by atoms with van der Waals surface area (Å²) in [7, 11) is 1.74. The molecule has 5 nitrogen and oxygen atoms in total. The molecule has 0 aliphatic carbocycles. The van der Waals surface area contributed by atoms with Crippen molar-refractivity contribution >= 4 is 35.6 Å². The number of methoxy groups -OCH3 is 1. The first-order valence-corrected chi connectivity index (χ1v) is 9.04. The summed E-state index contributed by atoms with van der Waals surface area (Å²) in [5.41, 5.74) is 1.20. The molecule has 25 heavy (non-hydrogen) atoms. The number of hydrogen-bond acceptors (Lipinski definition) is 3. The van der Waals surface area contributed by atoms with Gasteiger partial charge in [0.25, 0.3) is 0 Å². The van der Waals surface area contributed by atoms with Gasteiger partial charge in [-0.05, 0) is 37.3 Å². The maximum Gasteiger partial charge on any atom is 0.191 e. The van der Waals surface area contributed by atoms with Gasteiger partial charge in [-0.3, -0.25) is 4.99 Å². The molecule has 2 rings (SSSR count). The van der Waals surface area contributed by atoms with Crippen LogP contribution in [-0.2, 0) is 0 Å². The van der Waals surface area contributed by atoms with E-state index >= 15 is 0 Å². The second-order valence-corrected chi connectivity index (χ2v) is 6.77. The fourth-order valence-electron chi connectivity index (χ4n) is 2.97. The van der Waals surface area contributed by atoms with Crippen molar-refractivity contribution in [2.45, 2.75) is 27.2 Å². The zero-order valence-electron chi connectivity index (χ0n) is 15.9. The Morgan fingerprint density at radius 1 is 1.32 bits per heavy atom. The topological polar surface area (TPSA) is 48.9 Å². The van der Waals surface area contributed by atoms with Crippen molar-refractivity contribution in [1.82, 2.24) is 10.6 Å². The third-order valence-corrected chi connectivity index (χ3v) is 4.23. The number of benzene rings is 1. The molecule has 1 fully saturated rings. The Morgan fingerprint density at radius 2 is 2.08 bits per heavy atom. The molecule has 0 bridgehead atoms. The van der Waals surface area contributed by atoms with Crippen LogP contribution < -0.4 is 20.3 Å². The highest BCUT2D eigenvalue weighted by atomic mass is 127. The van der Waals surface area contributed by atoms with E-state index in [1.807, 2.05) is 12.1 Å². The van der Waals surface area contributed by atoms with Crippen molar-refractivity contribution in [3.8, 4) is 5.75 Å². The molecule has 1 aromatic rings. The van der Waals surface area contributed by atoms with E-state index in [9.17, 15) is 0 Å². The van der Waals surface area contributed by atoms with Gasteiger partial charge in [-0.2, -0.15) is 0 Å². The lowest BCUT2D eigenvalue weighted by atomic mass is 10.1. The maximum absolute atomic E-state index is 5.49. The fraction of sp³-hybridized carbons (Fsp3) is 0.632. The van der Waals surface area contributed by atoms with Gasteiger partial charge in [0, 0.05) is 32.7 Å². The SMILES string of the molecule is CCNC(=NCC(C)C)NCC1CCN(c2ccccc2OC)C1.I. The summed E-state index contributed by atoms with van der Waals surface area (Å²) in [6.45, 7) is 11.3. The van der Waals surface area contributed by atoms with Gasteiger partial charge in [0.1, 0.15) is 5.75 Å². The largest absolute Gasteiger partial charge is 0.495 e. The third kappa shape index (κ3) is 6.92. The van der Waals surface area contributed by atoms with Crippen LogP contribution in [0.3, 0.4) is 0 Å². The molecule has 0 spiro atoms. The molecule has 2 N–H and O–H groups in total. The smallest absolute Gasteiger partial charge is 0.191 e. The molecule has 142 valence electrons. The van der Waals surface area contributed by atoms with E-state index in [0.29, 0.717) is 11.8 Å². The van der Waals surface area contributed by atoms with Crippen molar-refractivity contribution in [2.24, 2.45) is 16.8 Å². The standard InChI is InChI=1S/C19H32N4O.HI/c1-5-20-19(21-12-15(2)3)22-13-16-10-11-23(14-16)17-8-6-7-9-18(17)24-4;/h6-9,15-16H,5,10-14H2,1-4H3,(H2,20,21,22);1H. The molecule has 1 heterocycles. The van der Waals surface area contributed by atoms with E-state index in [0.717, 1.165) is 44.4 Å². The normalized spacial score (nSPS) is 17.4. The minimum absolute atomic E-state index is 0. The van der Waals surface area contributed by atoms with Crippen molar-refractivity contribution in [3.63, 3.8) is 0 Å². The second-order valence-electron chi connectivity index (χ2n) is 6.77. The Bertz CT molecular complexity index is 536. The van der Waals surface area contributed by atoms with E-state index in [2.05, 4.69) is 53.4 Å². The zero-order valence-corrected chi connectivity index (χ0v) is 18.2. The van der Waals surface area contributed by atoms with Crippen LogP contribution in [0.25, 0.3) is 0 Å². The lowest BCUT2D eigenvalue weighted by Gasteiger charge is -2.21. The van der Waals surface area contributed by atoms with Gasteiger partial charge in [0.15, 0.2) is 5.96 Å². The van der Waals surface area contributed by atoms with Crippen LogP contribution in [0.4, 0.5) is 5.69 Å². The molecule has 0 aromatic heterocycles. The summed E-state index contributed by atoms with van der Waals surface area (Å²) in [5.74, 6) is 3.09. The molecular weight excluding hydrogens is 427 g/mol. The number of hydrogen-bond donors (Lipinski definition) is 2. The third-order valence-electron chi connectivity index (χ3n) is 4.23. The highest BCUT2D eigenvalue weighted by Gasteiger charge is 2.24. The van der Waals surface area contributed by atoms with Gasteiger partial charge in [-0.15, -0.1) is 24.0 Å². The van der Waals surface area contributed by atoms with Crippen LogP contribution in [0.5, 0.6) is 5.75 Å². The number of para-hydroxylation sites is 2. The van der Waals surface area contributed by atoms with E-state index in [4.69, 9.17) is 4.74 Å². The number of aliphatic imine (C=N–C) groups is 1. The van der Waals surface area contributed by atoms with Gasteiger partial charge in [-0.1, -0.05) is 26.0 Å². The van der Waals surface area contributed by atoms with Gasteiger partial charge >= 0.3 is 0 Å². The summed E-state index contributed by atoms with van der Waals surface area (Å²) in [6, 6.07) is 8.27. The van der Waals surface area contributed by atoms with Gasteiger partial charge in [-0.25, -0.2) is 0 Å². The Kier molecular flexibility index (Phi) is 10.0. The lowest BCUT2D eigenvalue weighted by molar-refractivity contribution is 0.414. The molecule has 0 radical (unpaired) electrons. The lowest BCUT2D eigenvalue weighted by Crippen LogP contribution is -2.40. The van der Waals surface area contributed by atoms with Crippen LogP contribution in [0.1, 0.15) is 27.2 Å². The van der Waals surface area contributed by atoms with Gasteiger partial charge < -0.3 is 20.3 Å². The maximum atomic E-state index is 5.49. The highest BCUT2D eigenvalue weighted by molar-refractivity contribution is 14.0. The summed E-state index contributed by atoms with van der Waals surface area (Å²) in [4.78, 5) is 7.06. The Balaban J connectivity index is 0.00000312. The molecule has 1 atom stereocenters. The van der Waals surface area contributed by atoms with Crippen LogP contribution in [0.15, 0.2) is 29.3 Å². The van der Waals surface area contributed by atoms with Crippen molar-refractivity contribution in [2.75, 3.05) is 44.7 Å². The number of nitrogens with one attached hydrogen (secondary N) is 2. The van der Waals surface area contributed by atoms with Crippen molar-refractivity contribution in [1.29, 1.82) is 0 Å². The average molecular weight is 460 g/mol. The predicted octanol–water partition coefficient (Wildman–Crippen LogP) is 3.35. The zero-order chi connectivity index (χ0) is 17.4. The van der Waals surface area contributed by atoms with Crippen molar-refractivity contribution in [3.05, 3.63) is 24.3 Å². The monoisotopic (exact) mass is 460 g/mol. The van der Waals surface area contributed by atoms with Crippen LogP contribution in [0.2, 0.25) is 0 Å². The minimum Gasteiger partial charge on any atom is -0.495 e. The molecule has 1 aromatic carbocycles. The molecule has 1 unspecified atom stereocenters. The van der Waals surface area contributed by atoms with Crippen molar-refractivity contribution < 1.29 is 4.74 Å². The number of rotatable bonds is 7. The Hall–Kier alpha value is -1.18. The van der Waals surface area contributed by atoms with Crippen LogP contribution in [-0.4, -0.2) is 45.8 Å². The van der Waals surface area contributed by atoms with E-state index < -0.39 is 0 Å². The number of guanidine groups is 1. The molecular formula is C19H33IN4O. The van der Waals surface area contributed by atoms with E-state index in [1.54, 1.807) is 7.11 Å². The summed E-state index contributed by atoms with van der Waals surface area (Å²) in [5, 5.41) is 6.83. The second kappa shape index (κ2) is 11.4. The van der Waals surface area contributed by atoms with E-state index in [1.165, 1.54) is 12.1 Å². The molecule has 1 saturated heterocycles. The minimum atomic E-state index is 0. The van der Waals surface area contributed by atoms with Gasteiger partial charge in [0.2, 0.25) is 0 Å². The molecule has 1 aliphatic heterocycles. The summed E-state index contributed by atoms with van der Waals surface area (Å²) < 4.78 is 5.49. The predicted molar refractivity (Wildman–Crippen MR) is 118 cm³/mol. The van der Waals surface area contributed by atoms with E-state index in [-0.39, 0.29) is 24.0 Å². The average Bonchev–Trinajstić information content (AvgIpc) is 3.06. The molecule has 6 heteroatoms.